The Balaban J connectivity index is 1.82. The van der Waals surface area contributed by atoms with Crippen LogP contribution < -0.4 is 21.9 Å². The number of aromatic nitrogens is 4. The maximum Gasteiger partial charge on any atom is 0.352 e. The number of nitrogens with zero attached hydrogens (tertiary/aromatic N) is 4. The number of hydrogen-bond acceptors (Lipinski definition) is 5. The molecule has 0 radical (unpaired) electrons. The van der Waals surface area contributed by atoms with Crippen molar-refractivity contribution in [2.45, 2.75) is 33.9 Å². The van der Waals surface area contributed by atoms with E-state index in [0.29, 0.717) is 17.8 Å². The molecule has 186 valence electrons. The van der Waals surface area contributed by atoms with E-state index in [9.17, 15) is 19.2 Å². The SMILES string of the molecule is C=CCn1c(=O)c2ccc(C(=O)NCC(C)C)cc2n2c(=O)n(CC(=O)Nc3ccccc3C)nc12. The van der Waals surface area contributed by atoms with Gasteiger partial charge in [-0.2, -0.15) is 0 Å². The molecule has 0 fully saturated rings. The molecule has 0 atom stereocenters. The molecule has 0 aliphatic rings. The Morgan fingerprint density at radius 2 is 1.89 bits per heavy atom. The van der Waals surface area contributed by atoms with Gasteiger partial charge in [0.25, 0.3) is 11.5 Å². The smallest absolute Gasteiger partial charge is 0.352 e. The van der Waals surface area contributed by atoms with Crippen LogP contribution >= 0.6 is 0 Å². The van der Waals surface area contributed by atoms with Gasteiger partial charge in [-0.1, -0.05) is 38.1 Å². The van der Waals surface area contributed by atoms with Crippen LogP contribution in [-0.4, -0.2) is 37.1 Å². The van der Waals surface area contributed by atoms with Gasteiger partial charge in [-0.15, -0.1) is 11.7 Å². The topological polar surface area (TPSA) is 120 Å². The van der Waals surface area contributed by atoms with Crippen LogP contribution in [0.5, 0.6) is 0 Å². The summed E-state index contributed by atoms with van der Waals surface area (Å²) in [6.45, 7) is 9.76. The van der Waals surface area contributed by atoms with Crippen molar-refractivity contribution in [3.05, 3.63) is 87.1 Å². The fraction of sp³-hybridized carbons (Fsp3) is 0.269. The molecule has 0 unspecified atom stereocenters. The lowest BCUT2D eigenvalue weighted by Crippen LogP contribution is -2.30. The molecule has 0 aliphatic heterocycles. The van der Waals surface area contributed by atoms with E-state index >= 15 is 0 Å². The number of aryl methyl sites for hydroxylation is 1. The van der Waals surface area contributed by atoms with E-state index in [1.165, 1.54) is 27.2 Å². The zero-order chi connectivity index (χ0) is 26.0. The molecule has 2 aromatic carbocycles. The minimum absolute atomic E-state index is 0.0563. The Bertz CT molecular complexity index is 1610. The number of carbonyl (C=O) groups excluding carboxylic acids is 2. The fourth-order valence-electron chi connectivity index (χ4n) is 3.89. The minimum Gasteiger partial charge on any atom is -0.352 e. The normalized spacial score (nSPS) is 11.2. The van der Waals surface area contributed by atoms with E-state index in [-0.39, 0.29) is 47.2 Å². The summed E-state index contributed by atoms with van der Waals surface area (Å²) in [7, 11) is 0. The molecule has 2 heterocycles. The van der Waals surface area contributed by atoms with Gasteiger partial charge in [0, 0.05) is 24.3 Å². The summed E-state index contributed by atoms with van der Waals surface area (Å²) in [6.07, 6.45) is 1.52. The Morgan fingerprint density at radius 1 is 1.14 bits per heavy atom. The summed E-state index contributed by atoms with van der Waals surface area (Å²) in [5, 5.41) is 10.2. The third-order valence-electron chi connectivity index (χ3n) is 5.74. The molecule has 0 saturated carbocycles. The van der Waals surface area contributed by atoms with Crippen molar-refractivity contribution < 1.29 is 9.59 Å². The van der Waals surface area contributed by atoms with E-state index in [1.54, 1.807) is 18.2 Å². The number of anilines is 1. The maximum absolute atomic E-state index is 13.4. The number of amides is 2. The number of rotatable bonds is 8. The second-order valence-corrected chi connectivity index (χ2v) is 8.98. The van der Waals surface area contributed by atoms with Crippen LogP contribution in [0.3, 0.4) is 0 Å². The summed E-state index contributed by atoms with van der Waals surface area (Å²) < 4.78 is 3.57. The van der Waals surface area contributed by atoms with E-state index in [2.05, 4.69) is 22.3 Å². The van der Waals surface area contributed by atoms with Crippen molar-refractivity contribution in [3.63, 3.8) is 0 Å². The summed E-state index contributed by atoms with van der Waals surface area (Å²) in [4.78, 5) is 52.0. The van der Waals surface area contributed by atoms with Crippen molar-refractivity contribution in [3.8, 4) is 0 Å². The highest BCUT2D eigenvalue weighted by Gasteiger charge is 2.20. The van der Waals surface area contributed by atoms with Gasteiger partial charge in [-0.25, -0.2) is 13.9 Å². The second kappa shape index (κ2) is 10.0. The van der Waals surface area contributed by atoms with Crippen LogP contribution in [0, 0.1) is 12.8 Å². The average Bonchev–Trinajstić information content (AvgIpc) is 3.16. The highest BCUT2D eigenvalue weighted by atomic mass is 16.2. The number of carbonyl (C=O) groups is 2. The first-order chi connectivity index (χ1) is 17.2. The number of benzene rings is 2. The molecule has 0 spiro atoms. The standard InChI is InChI=1S/C26H28N6O4/c1-5-12-30-24(35)19-11-10-18(23(34)27-14-16(2)3)13-21(19)32-25(30)29-31(26(32)36)15-22(33)28-20-9-7-6-8-17(20)4/h5-11,13,16H,1,12,14-15H2,2-4H3,(H,27,34)(H,28,33). The number of fused-ring (bicyclic) bond motifs is 3. The number of para-hydroxylation sites is 1. The van der Waals surface area contributed by atoms with Crippen LogP contribution in [0.4, 0.5) is 5.69 Å². The largest absolute Gasteiger partial charge is 0.352 e. The quantitative estimate of drug-likeness (QED) is 0.369. The van der Waals surface area contributed by atoms with Gasteiger partial charge in [-0.05, 0) is 42.7 Å². The maximum atomic E-state index is 13.4. The van der Waals surface area contributed by atoms with E-state index < -0.39 is 11.6 Å². The first kappa shape index (κ1) is 24.6. The fourth-order valence-corrected chi connectivity index (χ4v) is 3.89. The van der Waals surface area contributed by atoms with Gasteiger partial charge in [0.05, 0.1) is 10.9 Å². The zero-order valence-electron chi connectivity index (χ0n) is 20.4. The molecule has 2 amide bonds. The third kappa shape index (κ3) is 4.70. The van der Waals surface area contributed by atoms with Gasteiger partial charge < -0.3 is 10.6 Å². The molecular weight excluding hydrogens is 460 g/mol. The molecule has 4 rings (SSSR count). The zero-order valence-corrected chi connectivity index (χ0v) is 20.4. The van der Waals surface area contributed by atoms with E-state index in [1.807, 2.05) is 32.9 Å². The molecule has 0 saturated heterocycles. The van der Waals surface area contributed by atoms with Crippen LogP contribution in [0.1, 0.15) is 29.8 Å². The lowest BCUT2D eigenvalue weighted by molar-refractivity contribution is -0.117. The van der Waals surface area contributed by atoms with Crippen molar-refractivity contribution in [1.29, 1.82) is 0 Å². The lowest BCUT2D eigenvalue weighted by atomic mass is 10.1. The molecule has 4 aromatic rings. The first-order valence-electron chi connectivity index (χ1n) is 11.6. The molecule has 36 heavy (non-hydrogen) atoms. The van der Waals surface area contributed by atoms with Gasteiger partial charge >= 0.3 is 5.69 Å². The summed E-state index contributed by atoms with van der Waals surface area (Å²) in [5.41, 5.74) is 1.07. The highest BCUT2D eigenvalue weighted by molar-refractivity contribution is 5.98. The predicted octanol–water partition coefficient (Wildman–Crippen LogP) is 2.33. The van der Waals surface area contributed by atoms with Gasteiger partial charge in [-0.3, -0.25) is 19.0 Å². The minimum atomic E-state index is -0.604. The molecular formula is C26H28N6O4. The highest BCUT2D eigenvalue weighted by Crippen LogP contribution is 2.15. The van der Waals surface area contributed by atoms with Crippen molar-refractivity contribution in [1.82, 2.24) is 24.1 Å². The number of allylic oxidation sites excluding steroid dienone is 1. The van der Waals surface area contributed by atoms with Crippen LogP contribution in [0.25, 0.3) is 16.7 Å². The molecule has 10 heteroatoms. The summed E-state index contributed by atoms with van der Waals surface area (Å²) in [6, 6.07) is 11.9. The predicted molar refractivity (Wildman–Crippen MR) is 138 cm³/mol. The van der Waals surface area contributed by atoms with E-state index in [4.69, 9.17) is 0 Å². The molecule has 2 N–H and O–H groups in total. The summed E-state index contributed by atoms with van der Waals surface area (Å²) >= 11 is 0. The summed E-state index contributed by atoms with van der Waals surface area (Å²) in [5.74, 6) is -0.433. The van der Waals surface area contributed by atoms with Gasteiger partial charge in [0.15, 0.2) is 0 Å². The lowest BCUT2D eigenvalue weighted by Gasteiger charge is -2.10. The Labute approximate surface area is 206 Å². The Kier molecular flexibility index (Phi) is 6.86. The average molecular weight is 489 g/mol. The Morgan fingerprint density at radius 3 is 2.58 bits per heavy atom. The van der Waals surface area contributed by atoms with Gasteiger partial charge in [0.2, 0.25) is 11.7 Å². The van der Waals surface area contributed by atoms with Crippen LogP contribution in [0.2, 0.25) is 0 Å². The molecule has 0 aliphatic carbocycles. The number of hydrogen-bond donors (Lipinski definition) is 2. The van der Waals surface area contributed by atoms with E-state index in [0.717, 1.165) is 10.2 Å². The van der Waals surface area contributed by atoms with Crippen molar-refractivity contribution >= 4 is 34.2 Å². The third-order valence-corrected chi connectivity index (χ3v) is 5.74. The van der Waals surface area contributed by atoms with Crippen LogP contribution in [0.15, 0.2) is 64.7 Å². The van der Waals surface area contributed by atoms with Crippen molar-refractivity contribution in [2.24, 2.45) is 5.92 Å². The molecule has 2 aromatic heterocycles. The van der Waals surface area contributed by atoms with Crippen molar-refractivity contribution in [2.75, 3.05) is 11.9 Å². The second-order valence-electron chi connectivity index (χ2n) is 8.98. The monoisotopic (exact) mass is 488 g/mol. The van der Waals surface area contributed by atoms with Crippen LogP contribution in [-0.2, 0) is 17.9 Å². The molecule has 0 bridgehead atoms. The number of nitrogens with one attached hydrogen (secondary N) is 2. The first-order valence-corrected chi connectivity index (χ1v) is 11.6. The van der Waals surface area contributed by atoms with Gasteiger partial charge in [0.1, 0.15) is 6.54 Å². The Hall–Kier alpha value is -4.47. The molecule has 10 nitrogen and oxygen atoms in total.